The summed E-state index contributed by atoms with van der Waals surface area (Å²) < 4.78 is 0. The fourth-order valence-corrected chi connectivity index (χ4v) is 10.6. The van der Waals surface area contributed by atoms with E-state index < -0.39 is 0 Å². The Bertz CT molecular complexity index is 1510. The van der Waals surface area contributed by atoms with Crippen molar-refractivity contribution in [3.63, 3.8) is 0 Å². The lowest BCUT2D eigenvalue weighted by Crippen LogP contribution is -2.53. The molecule has 0 spiro atoms. The average Bonchev–Trinajstić information content (AvgIpc) is 3.62. The van der Waals surface area contributed by atoms with Gasteiger partial charge < -0.3 is 9.80 Å². The molecule has 0 saturated heterocycles. The number of allylic oxidation sites excluding steroid dienone is 16. The van der Waals surface area contributed by atoms with Crippen LogP contribution in [0.4, 0.5) is 0 Å². The Hall–Kier alpha value is -3.00. The lowest BCUT2D eigenvalue weighted by Gasteiger charge is -2.47. The van der Waals surface area contributed by atoms with Crippen LogP contribution >= 0.6 is 0 Å². The molecule has 228 valence electrons. The van der Waals surface area contributed by atoms with Crippen molar-refractivity contribution in [3.8, 4) is 0 Å². The smallest absolute Gasteiger partial charge is 0.0656 e. The fraction of sp³-hybridized carbons (Fsp3) is 0.524. The van der Waals surface area contributed by atoms with Gasteiger partial charge in [-0.2, -0.15) is 0 Å². The molecule has 0 aromatic rings. The van der Waals surface area contributed by atoms with Crippen LogP contribution in [0.2, 0.25) is 0 Å². The van der Waals surface area contributed by atoms with E-state index in [4.69, 9.17) is 0 Å². The van der Waals surface area contributed by atoms with Gasteiger partial charge in [-0.1, -0.05) is 60.8 Å². The number of fused-ring (bicyclic) bond motifs is 5. The van der Waals surface area contributed by atoms with Gasteiger partial charge in [-0.15, -0.1) is 0 Å². The largest absolute Gasteiger partial charge is 0.343 e. The summed E-state index contributed by atoms with van der Waals surface area (Å²) in [7, 11) is 0. The third-order valence-electron chi connectivity index (χ3n) is 12.6. The summed E-state index contributed by atoms with van der Waals surface area (Å²) in [5, 5.41) is 0. The van der Waals surface area contributed by atoms with Crippen LogP contribution in [0, 0.1) is 23.7 Å². The van der Waals surface area contributed by atoms with E-state index in [0.717, 1.165) is 5.92 Å². The predicted octanol–water partition coefficient (Wildman–Crippen LogP) is 10.5. The first-order valence-electron chi connectivity index (χ1n) is 18.4. The number of rotatable bonds is 4. The summed E-state index contributed by atoms with van der Waals surface area (Å²) in [6, 6.07) is 0.984. The van der Waals surface area contributed by atoms with Gasteiger partial charge in [-0.3, -0.25) is 0 Å². The van der Waals surface area contributed by atoms with Crippen LogP contribution < -0.4 is 0 Å². The molecule has 6 atom stereocenters. The van der Waals surface area contributed by atoms with Crippen molar-refractivity contribution in [3.05, 3.63) is 118 Å². The summed E-state index contributed by atoms with van der Waals surface area (Å²) >= 11 is 0. The number of hydrogen-bond donors (Lipinski definition) is 0. The molecule has 7 aliphatic carbocycles. The summed E-state index contributed by atoms with van der Waals surface area (Å²) in [4.78, 5) is 5.93. The molecular formula is C42H50N2. The highest BCUT2D eigenvalue weighted by molar-refractivity contribution is 5.51. The van der Waals surface area contributed by atoms with Crippen molar-refractivity contribution in [1.82, 2.24) is 9.80 Å². The van der Waals surface area contributed by atoms with Gasteiger partial charge in [0.1, 0.15) is 0 Å². The SMILES string of the molecule is C1=CC(C2CC=CCC2)CC(N2C3=C(CCCC3)C3C=CC4C5=C(CCC=C5)N(C5=CC(C6=CCCCC6)=CCC5)C4C32)=C1. The van der Waals surface area contributed by atoms with E-state index in [9.17, 15) is 0 Å². The third-order valence-corrected chi connectivity index (χ3v) is 12.6. The molecular weight excluding hydrogens is 532 g/mol. The van der Waals surface area contributed by atoms with Crippen LogP contribution in [-0.4, -0.2) is 21.9 Å². The van der Waals surface area contributed by atoms with Crippen molar-refractivity contribution < 1.29 is 0 Å². The standard InChI is InChI=1S/C42H50N2/c1-3-13-29(14-4-1)31-17-11-19-33(27-31)43-39-23-9-7-21-35(39)37-25-26-38-36-22-8-10-24-40(36)44(42(38)41(37)43)34-20-12-18-32(28-34)30-15-5-2-6-16-30/h1,3,8,11,15,17-19,22,25-26,28-29,31,37-38,41-42H,2,4-7,9-10,12-14,16,20-21,23-24,27H2. The minimum Gasteiger partial charge on any atom is -0.343 e. The highest BCUT2D eigenvalue weighted by atomic mass is 15.3. The van der Waals surface area contributed by atoms with Crippen LogP contribution in [-0.2, 0) is 0 Å². The van der Waals surface area contributed by atoms with Gasteiger partial charge >= 0.3 is 0 Å². The Kier molecular flexibility index (Phi) is 7.09. The predicted molar refractivity (Wildman–Crippen MR) is 182 cm³/mol. The zero-order valence-corrected chi connectivity index (χ0v) is 26.6. The monoisotopic (exact) mass is 582 g/mol. The molecule has 0 N–H and O–H groups in total. The molecule has 6 unspecified atom stereocenters. The third kappa shape index (κ3) is 4.49. The van der Waals surface area contributed by atoms with Crippen LogP contribution in [0.5, 0.6) is 0 Å². The van der Waals surface area contributed by atoms with E-state index in [1.54, 1.807) is 39.5 Å². The van der Waals surface area contributed by atoms with Gasteiger partial charge in [0.25, 0.3) is 0 Å². The fourth-order valence-electron chi connectivity index (χ4n) is 10.6. The molecule has 0 fully saturated rings. The maximum absolute atomic E-state index is 2.98. The van der Waals surface area contributed by atoms with Gasteiger partial charge in [0.15, 0.2) is 0 Å². The van der Waals surface area contributed by atoms with E-state index >= 15 is 0 Å². The number of nitrogens with zero attached hydrogens (tertiary/aromatic N) is 2. The first-order valence-corrected chi connectivity index (χ1v) is 18.4. The Morgan fingerprint density at radius 1 is 0.659 bits per heavy atom. The number of hydrogen-bond acceptors (Lipinski definition) is 2. The molecule has 0 amide bonds. The van der Waals surface area contributed by atoms with Crippen LogP contribution in [0.3, 0.4) is 0 Å². The Morgan fingerprint density at radius 3 is 2.45 bits per heavy atom. The van der Waals surface area contributed by atoms with Crippen LogP contribution in [0.1, 0.15) is 103 Å². The summed E-state index contributed by atoms with van der Waals surface area (Å²) in [5.74, 6) is 2.52. The summed E-state index contributed by atoms with van der Waals surface area (Å²) in [6.45, 7) is 0. The summed E-state index contributed by atoms with van der Waals surface area (Å²) in [6.07, 6.45) is 50.7. The zero-order valence-electron chi connectivity index (χ0n) is 26.6. The molecule has 0 saturated carbocycles. The van der Waals surface area contributed by atoms with Crippen LogP contribution in [0.25, 0.3) is 0 Å². The minimum atomic E-state index is 0.483. The van der Waals surface area contributed by atoms with Crippen molar-refractivity contribution in [2.24, 2.45) is 23.7 Å². The molecule has 9 aliphatic rings. The van der Waals surface area contributed by atoms with E-state index in [1.165, 1.54) is 108 Å². The molecule has 2 nitrogen and oxygen atoms in total. The highest BCUT2D eigenvalue weighted by Crippen LogP contribution is 2.56. The molecule has 2 aliphatic heterocycles. The maximum Gasteiger partial charge on any atom is 0.0656 e. The lowest BCUT2D eigenvalue weighted by atomic mass is 9.74. The first-order chi connectivity index (χ1) is 21.8. The van der Waals surface area contributed by atoms with Gasteiger partial charge in [0.2, 0.25) is 0 Å². The lowest BCUT2D eigenvalue weighted by molar-refractivity contribution is 0.142. The Balaban J connectivity index is 1.12. The topological polar surface area (TPSA) is 6.48 Å². The molecule has 9 rings (SSSR count). The molecule has 0 radical (unpaired) electrons. The van der Waals surface area contributed by atoms with Gasteiger partial charge in [-0.25, -0.2) is 0 Å². The quantitative estimate of drug-likeness (QED) is 0.304. The average molecular weight is 583 g/mol. The second kappa shape index (κ2) is 11.4. The molecule has 2 heterocycles. The van der Waals surface area contributed by atoms with Crippen molar-refractivity contribution in [2.75, 3.05) is 0 Å². The van der Waals surface area contributed by atoms with E-state index in [0.29, 0.717) is 29.8 Å². The van der Waals surface area contributed by atoms with Gasteiger partial charge in [-0.05, 0) is 149 Å². The van der Waals surface area contributed by atoms with Crippen molar-refractivity contribution in [1.29, 1.82) is 0 Å². The van der Waals surface area contributed by atoms with E-state index in [2.05, 4.69) is 82.7 Å². The second-order valence-electron chi connectivity index (χ2n) is 14.9. The van der Waals surface area contributed by atoms with Gasteiger partial charge in [0, 0.05) is 34.6 Å². The Labute approximate surface area is 265 Å². The zero-order chi connectivity index (χ0) is 29.0. The summed E-state index contributed by atoms with van der Waals surface area (Å²) in [5.41, 5.74) is 13.1. The normalized spacial score (nSPS) is 36.0. The molecule has 0 aromatic carbocycles. The van der Waals surface area contributed by atoms with Crippen molar-refractivity contribution in [2.45, 2.75) is 115 Å². The Morgan fingerprint density at radius 2 is 1.55 bits per heavy atom. The second-order valence-corrected chi connectivity index (χ2v) is 14.9. The van der Waals surface area contributed by atoms with Crippen LogP contribution in [0.15, 0.2) is 118 Å². The van der Waals surface area contributed by atoms with E-state index in [-0.39, 0.29) is 0 Å². The van der Waals surface area contributed by atoms with Crippen molar-refractivity contribution >= 4 is 0 Å². The first kappa shape index (κ1) is 27.3. The minimum absolute atomic E-state index is 0.483. The highest BCUT2D eigenvalue weighted by Gasteiger charge is 2.55. The molecule has 2 heteroatoms. The van der Waals surface area contributed by atoms with E-state index in [1.807, 2.05) is 0 Å². The molecule has 0 bridgehead atoms. The molecule has 0 aromatic heterocycles. The maximum atomic E-state index is 2.98. The molecule has 44 heavy (non-hydrogen) atoms. The van der Waals surface area contributed by atoms with Gasteiger partial charge in [0.05, 0.1) is 12.1 Å².